The molecule has 1 saturated heterocycles. The summed E-state index contributed by atoms with van der Waals surface area (Å²) in [5, 5.41) is 10.9. The molecule has 0 N–H and O–H groups in total. The lowest BCUT2D eigenvalue weighted by molar-refractivity contribution is 0.0947. The van der Waals surface area contributed by atoms with Crippen molar-refractivity contribution in [2.45, 2.75) is 25.5 Å². The van der Waals surface area contributed by atoms with E-state index >= 15 is 0 Å². The van der Waals surface area contributed by atoms with E-state index in [2.05, 4.69) is 15.5 Å². The molecule has 4 rings (SSSR count). The molecule has 1 aliphatic heterocycles. The standard InChI is InChI=1S/C20H21N5O5S/c26-20(29-13-16-6-2-1-3-7-16)24-11-5-9-18(24)14-31(27,28)30-19-10-4-8-17(12-19)25-15-21-22-23-25/h1-4,6-8,10,12,15,18H,5,9,11,13-14H2. The van der Waals surface area contributed by atoms with Crippen molar-refractivity contribution in [3.05, 3.63) is 66.5 Å². The summed E-state index contributed by atoms with van der Waals surface area (Å²) in [5.41, 5.74) is 1.43. The molecule has 1 atom stereocenters. The first kappa shape index (κ1) is 20.8. The third-order valence-corrected chi connectivity index (χ3v) is 6.11. The predicted octanol–water partition coefficient (Wildman–Crippen LogP) is 2.17. The van der Waals surface area contributed by atoms with Crippen LogP contribution in [0.2, 0.25) is 0 Å². The molecular weight excluding hydrogens is 422 g/mol. The van der Waals surface area contributed by atoms with Gasteiger partial charge in [0.25, 0.3) is 0 Å². The number of likely N-dealkylation sites (tertiary alicyclic amines) is 1. The molecule has 2 aromatic carbocycles. The van der Waals surface area contributed by atoms with Crippen LogP contribution in [-0.2, 0) is 21.5 Å². The Balaban J connectivity index is 1.38. The van der Waals surface area contributed by atoms with Crippen LogP contribution in [-0.4, -0.2) is 58.0 Å². The van der Waals surface area contributed by atoms with E-state index in [0.717, 1.165) is 5.56 Å². The number of amides is 1. The molecule has 1 aromatic heterocycles. The van der Waals surface area contributed by atoms with Crippen LogP contribution in [0.5, 0.6) is 5.75 Å². The van der Waals surface area contributed by atoms with E-state index in [4.69, 9.17) is 8.92 Å². The van der Waals surface area contributed by atoms with Gasteiger partial charge in [-0.05, 0) is 41.0 Å². The third kappa shape index (κ3) is 5.37. The number of aromatic nitrogens is 4. The van der Waals surface area contributed by atoms with Crippen molar-refractivity contribution in [1.82, 2.24) is 25.1 Å². The lowest BCUT2D eigenvalue weighted by Gasteiger charge is -2.23. The van der Waals surface area contributed by atoms with E-state index in [1.54, 1.807) is 12.1 Å². The maximum atomic E-state index is 12.7. The number of hydrogen-bond acceptors (Lipinski definition) is 8. The maximum Gasteiger partial charge on any atom is 0.410 e. The molecule has 0 radical (unpaired) electrons. The number of benzene rings is 2. The average molecular weight is 443 g/mol. The molecule has 1 amide bonds. The van der Waals surface area contributed by atoms with Crippen LogP contribution in [0.15, 0.2) is 60.9 Å². The van der Waals surface area contributed by atoms with Crippen LogP contribution in [0.25, 0.3) is 5.69 Å². The molecule has 31 heavy (non-hydrogen) atoms. The van der Waals surface area contributed by atoms with Gasteiger partial charge in [-0.2, -0.15) is 8.42 Å². The van der Waals surface area contributed by atoms with Gasteiger partial charge in [-0.15, -0.1) is 5.10 Å². The number of tetrazole rings is 1. The highest BCUT2D eigenvalue weighted by atomic mass is 32.2. The van der Waals surface area contributed by atoms with Crippen LogP contribution in [0.1, 0.15) is 18.4 Å². The molecule has 0 aliphatic carbocycles. The topological polar surface area (TPSA) is 117 Å². The van der Waals surface area contributed by atoms with Gasteiger partial charge in [0.05, 0.1) is 11.7 Å². The fourth-order valence-electron chi connectivity index (χ4n) is 3.43. The summed E-state index contributed by atoms with van der Waals surface area (Å²) in [6.45, 7) is 0.582. The van der Waals surface area contributed by atoms with Crippen molar-refractivity contribution in [2.75, 3.05) is 12.3 Å². The summed E-state index contributed by atoms with van der Waals surface area (Å²) in [6.07, 6.45) is 2.14. The summed E-state index contributed by atoms with van der Waals surface area (Å²) >= 11 is 0. The van der Waals surface area contributed by atoms with Crippen molar-refractivity contribution < 1.29 is 22.1 Å². The van der Waals surface area contributed by atoms with Crippen molar-refractivity contribution in [3.8, 4) is 11.4 Å². The van der Waals surface area contributed by atoms with E-state index in [0.29, 0.717) is 25.1 Å². The van der Waals surface area contributed by atoms with E-state index in [-0.39, 0.29) is 18.1 Å². The van der Waals surface area contributed by atoms with Gasteiger partial charge in [0, 0.05) is 12.6 Å². The smallest absolute Gasteiger partial charge is 0.410 e. The van der Waals surface area contributed by atoms with Gasteiger partial charge >= 0.3 is 16.2 Å². The molecule has 1 fully saturated rings. The quantitative estimate of drug-likeness (QED) is 0.510. The SMILES string of the molecule is O=C(OCc1ccccc1)N1CCCC1CS(=O)(=O)Oc1cccc(-n2cnnn2)c1. The van der Waals surface area contributed by atoms with Crippen LogP contribution in [0.4, 0.5) is 4.79 Å². The number of nitrogens with zero attached hydrogens (tertiary/aromatic N) is 5. The summed E-state index contributed by atoms with van der Waals surface area (Å²) in [6, 6.07) is 15.2. The zero-order valence-electron chi connectivity index (χ0n) is 16.6. The Bertz CT molecular complexity index is 1120. The molecule has 1 aliphatic rings. The Morgan fingerprint density at radius 2 is 1.97 bits per heavy atom. The van der Waals surface area contributed by atoms with Gasteiger partial charge < -0.3 is 13.8 Å². The highest BCUT2D eigenvalue weighted by Gasteiger charge is 2.34. The Morgan fingerprint density at radius 1 is 1.13 bits per heavy atom. The normalized spacial score (nSPS) is 16.3. The average Bonchev–Trinajstić information content (AvgIpc) is 3.45. The second kappa shape index (κ2) is 9.13. The van der Waals surface area contributed by atoms with Gasteiger partial charge in [-0.3, -0.25) is 0 Å². The monoisotopic (exact) mass is 443 g/mol. The third-order valence-electron chi connectivity index (χ3n) is 4.87. The minimum atomic E-state index is -3.95. The molecule has 0 spiro atoms. The highest BCUT2D eigenvalue weighted by molar-refractivity contribution is 7.87. The number of hydrogen-bond donors (Lipinski definition) is 0. The van der Waals surface area contributed by atoms with Gasteiger partial charge in [0.15, 0.2) is 0 Å². The van der Waals surface area contributed by atoms with Crippen molar-refractivity contribution in [3.63, 3.8) is 0 Å². The molecular formula is C20H21N5O5S. The summed E-state index contributed by atoms with van der Waals surface area (Å²) < 4.78 is 37.3. The molecule has 1 unspecified atom stereocenters. The number of carbonyl (C=O) groups excluding carboxylic acids is 1. The Labute approximate surface area is 179 Å². The lowest BCUT2D eigenvalue weighted by Crippen LogP contribution is -2.40. The van der Waals surface area contributed by atoms with E-state index in [9.17, 15) is 13.2 Å². The molecule has 11 heteroatoms. The molecule has 10 nitrogen and oxygen atoms in total. The molecule has 0 bridgehead atoms. The fraction of sp³-hybridized carbons (Fsp3) is 0.300. The zero-order valence-corrected chi connectivity index (χ0v) is 17.4. The van der Waals surface area contributed by atoms with Crippen molar-refractivity contribution in [2.24, 2.45) is 0 Å². The number of carbonyl (C=O) groups is 1. The number of ether oxygens (including phenoxy) is 1. The van der Waals surface area contributed by atoms with Crippen molar-refractivity contribution in [1.29, 1.82) is 0 Å². The molecule has 162 valence electrons. The van der Waals surface area contributed by atoms with Crippen LogP contribution in [0, 0.1) is 0 Å². The second-order valence-corrected chi connectivity index (χ2v) is 8.70. The van der Waals surface area contributed by atoms with Crippen LogP contribution in [0.3, 0.4) is 0 Å². The second-order valence-electron chi connectivity index (χ2n) is 7.09. The Hall–Kier alpha value is -3.47. The lowest BCUT2D eigenvalue weighted by atomic mass is 10.2. The van der Waals surface area contributed by atoms with Gasteiger partial charge in [0.2, 0.25) is 0 Å². The molecule has 0 saturated carbocycles. The largest absolute Gasteiger partial charge is 0.445 e. The van der Waals surface area contributed by atoms with E-state index < -0.39 is 22.3 Å². The minimum Gasteiger partial charge on any atom is -0.445 e. The van der Waals surface area contributed by atoms with Crippen molar-refractivity contribution >= 4 is 16.2 Å². The summed E-state index contributed by atoms with van der Waals surface area (Å²) in [5.74, 6) is -0.174. The summed E-state index contributed by atoms with van der Waals surface area (Å²) in [7, 11) is -3.95. The Morgan fingerprint density at radius 3 is 2.74 bits per heavy atom. The minimum absolute atomic E-state index is 0.135. The highest BCUT2D eigenvalue weighted by Crippen LogP contribution is 2.23. The molecule has 3 aromatic rings. The number of rotatable bonds is 7. The Kier molecular flexibility index (Phi) is 6.12. The first-order valence-electron chi connectivity index (χ1n) is 9.73. The van der Waals surface area contributed by atoms with Gasteiger partial charge in [-0.25, -0.2) is 9.48 Å². The van der Waals surface area contributed by atoms with E-state index in [1.807, 2.05) is 30.3 Å². The van der Waals surface area contributed by atoms with Gasteiger partial charge in [0.1, 0.15) is 24.4 Å². The van der Waals surface area contributed by atoms with E-state index in [1.165, 1.54) is 28.0 Å². The van der Waals surface area contributed by atoms with Crippen LogP contribution < -0.4 is 4.18 Å². The van der Waals surface area contributed by atoms with Gasteiger partial charge in [-0.1, -0.05) is 36.4 Å². The zero-order chi connectivity index (χ0) is 21.7. The first-order chi connectivity index (χ1) is 15.0. The first-order valence-corrected chi connectivity index (χ1v) is 11.3. The summed E-state index contributed by atoms with van der Waals surface area (Å²) in [4.78, 5) is 14.0. The molecule has 2 heterocycles. The van der Waals surface area contributed by atoms with Crippen LogP contribution >= 0.6 is 0 Å². The fourth-order valence-corrected chi connectivity index (χ4v) is 4.71. The predicted molar refractivity (Wildman–Crippen MR) is 110 cm³/mol. The maximum absolute atomic E-state index is 12.7.